The van der Waals surface area contributed by atoms with E-state index in [2.05, 4.69) is 5.32 Å². The van der Waals surface area contributed by atoms with Crippen LogP contribution in [0.25, 0.3) is 0 Å². The molecule has 0 radical (unpaired) electrons. The summed E-state index contributed by atoms with van der Waals surface area (Å²) in [6.45, 7) is 1.55. The van der Waals surface area contributed by atoms with Crippen LogP contribution < -0.4 is 5.32 Å². The largest absolute Gasteiger partial charge is 0.466 e. The van der Waals surface area contributed by atoms with Crippen molar-refractivity contribution in [1.29, 1.82) is 0 Å². The molecule has 1 aromatic carbocycles. The van der Waals surface area contributed by atoms with Gasteiger partial charge in [-0.05, 0) is 31.2 Å². The molecule has 2 rings (SSSR count). The summed E-state index contributed by atoms with van der Waals surface area (Å²) in [7, 11) is 0. The van der Waals surface area contributed by atoms with Crippen LogP contribution in [-0.4, -0.2) is 17.6 Å². The third kappa shape index (κ3) is 4.14. The highest BCUT2D eigenvalue weighted by Gasteiger charge is 2.18. The van der Waals surface area contributed by atoms with Crippen molar-refractivity contribution in [2.24, 2.45) is 0 Å². The standard InChI is InChI=1S/C16H17F2NO3/c1-10-5-6-11(22-10)7-8-15(21)19-9-14(20)16-12(17)3-2-4-13(16)18/h2-6,14,20H,7-9H2,1H3,(H,19,21). The second-order valence-electron chi connectivity index (χ2n) is 4.97. The first-order chi connectivity index (χ1) is 10.5. The van der Waals surface area contributed by atoms with E-state index >= 15 is 0 Å². The number of benzene rings is 1. The second-order valence-corrected chi connectivity index (χ2v) is 4.97. The van der Waals surface area contributed by atoms with Crippen molar-refractivity contribution in [3.05, 3.63) is 59.1 Å². The Morgan fingerprint density at radius 2 is 1.95 bits per heavy atom. The molecule has 4 nitrogen and oxygen atoms in total. The summed E-state index contributed by atoms with van der Waals surface area (Å²) in [5, 5.41) is 12.3. The van der Waals surface area contributed by atoms with Gasteiger partial charge in [-0.3, -0.25) is 4.79 Å². The number of nitrogens with one attached hydrogen (secondary N) is 1. The van der Waals surface area contributed by atoms with Gasteiger partial charge in [0.25, 0.3) is 0 Å². The molecule has 1 atom stereocenters. The molecule has 2 N–H and O–H groups in total. The minimum absolute atomic E-state index is 0.166. The molecular formula is C16H17F2NO3. The molecule has 22 heavy (non-hydrogen) atoms. The Kier molecular flexibility index (Phi) is 5.27. The Bertz CT molecular complexity index is 634. The zero-order chi connectivity index (χ0) is 16.1. The second kappa shape index (κ2) is 7.17. The van der Waals surface area contributed by atoms with Gasteiger partial charge in [-0.1, -0.05) is 6.07 Å². The van der Waals surface area contributed by atoms with E-state index in [1.807, 2.05) is 6.92 Å². The summed E-state index contributed by atoms with van der Waals surface area (Å²) in [4.78, 5) is 11.7. The van der Waals surface area contributed by atoms with Crippen LogP contribution in [0.15, 0.2) is 34.7 Å². The fourth-order valence-electron chi connectivity index (χ4n) is 2.09. The van der Waals surface area contributed by atoms with Crippen LogP contribution in [0.4, 0.5) is 8.78 Å². The van der Waals surface area contributed by atoms with Gasteiger partial charge in [-0.25, -0.2) is 8.78 Å². The molecule has 1 heterocycles. The summed E-state index contributed by atoms with van der Waals surface area (Å²) < 4.78 is 32.3. The van der Waals surface area contributed by atoms with Crippen molar-refractivity contribution in [1.82, 2.24) is 5.32 Å². The van der Waals surface area contributed by atoms with Crippen molar-refractivity contribution < 1.29 is 23.1 Å². The third-order valence-electron chi connectivity index (χ3n) is 3.22. The lowest BCUT2D eigenvalue weighted by atomic mass is 10.1. The molecule has 2 aromatic rings. The molecule has 0 fully saturated rings. The van der Waals surface area contributed by atoms with Gasteiger partial charge in [-0.15, -0.1) is 0 Å². The fourth-order valence-corrected chi connectivity index (χ4v) is 2.09. The minimum Gasteiger partial charge on any atom is -0.466 e. The molecule has 0 saturated heterocycles. The molecule has 0 bridgehead atoms. The van der Waals surface area contributed by atoms with Gasteiger partial charge in [0.1, 0.15) is 29.3 Å². The molecule has 118 valence electrons. The topological polar surface area (TPSA) is 62.5 Å². The van der Waals surface area contributed by atoms with E-state index in [-0.39, 0.29) is 18.9 Å². The maximum atomic E-state index is 13.5. The molecule has 1 unspecified atom stereocenters. The van der Waals surface area contributed by atoms with Gasteiger partial charge in [0, 0.05) is 19.4 Å². The van der Waals surface area contributed by atoms with Crippen LogP contribution in [0.3, 0.4) is 0 Å². The van der Waals surface area contributed by atoms with Crippen molar-refractivity contribution in [3.8, 4) is 0 Å². The highest BCUT2D eigenvalue weighted by atomic mass is 19.1. The monoisotopic (exact) mass is 309 g/mol. The number of aliphatic hydroxyl groups excluding tert-OH is 1. The summed E-state index contributed by atoms with van der Waals surface area (Å²) >= 11 is 0. The first-order valence-electron chi connectivity index (χ1n) is 6.91. The quantitative estimate of drug-likeness (QED) is 0.862. The van der Waals surface area contributed by atoms with E-state index in [1.54, 1.807) is 12.1 Å². The summed E-state index contributed by atoms with van der Waals surface area (Å²) in [6, 6.07) is 6.92. The number of rotatable bonds is 6. The SMILES string of the molecule is Cc1ccc(CCC(=O)NCC(O)c2c(F)cccc2F)o1. The predicted molar refractivity (Wildman–Crippen MR) is 76.1 cm³/mol. The Hall–Kier alpha value is -2.21. The van der Waals surface area contributed by atoms with Gasteiger partial charge in [0.2, 0.25) is 5.91 Å². The van der Waals surface area contributed by atoms with E-state index in [0.717, 1.165) is 17.9 Å². The number of aliphatic hydroxyl groups is 1. The van der Waals surface area contributed by atoms with Gasteiger partial charge in [-0.2, -0.15) is 0 Å². The summed E-state index contributed by atoms with van der Waals surface area (Å²) in [5.74, 6) is -0.556. The van der Waals surface area contributed by atoms with Gasteiger partial charge in [0.15, 0.2) is 0 Å². The molecule has 0 aliphatic heterocycles. The zero-order valence-corrected chi connectivity index (χ0v) is 12.1. The smallest absolute Gasteiger partial charge is 0.220 e. The molecule has 6 heteroatoms. The van der Waals surface area contributed by atoms with E-state index in [9.17, 15) is 18.7 Å². The Morgan fingerprint density at radius 3 is 2.55 bits per heavy atom. The van der Waals surface area contributed by atoms with E-state index in [4.69, 9.17) is 4.42 Å². The molecule has 0 spiro atoms. The lowest BCUT2D eigenvalue weighted by Crippen LogP contribution is -2.29. The van der Waals surface area contributed by atoms with Crippen LogP contribution in [0, 0.1) is 18.6 Å². The van der Waals surface area contributed by atoms with E-state index in [1.165, 1.54) is 6.07 Å². The van der Waals surface area contributed by atoms with Crippen LogP contribution in [0.1, 0.15) is 29.6 Å². The summed E-state index contributed by atoms with van der Waals surface area (Å²) in [5.41, 5.74) is -0.440. The number of furan rings is 1. The van der Waals surface area contributed by atoms with Gasteiger partial charge < -0.3 is 14.8 Å². The number of amides is 1. The predicted octanol–water partition coefficient (Wildman–Crippen LogP) is 2.65. The number of hydrogen-bond donors (Lipinski definition) is 2. The fraction of sp³-hybridized carbons (Fsp3) is 0.312. The normalized spacial score (nSPS) is 12.2. The molecule has 0 aliphatic rings. The average Bonchev–Trinajstić information content (AvgIpc) is 2.88. The number of hydrogen-bond acceptors (Lipinski definition) is 3. The lowest BCUT2D eigenvalue weighted by Gasteiger charge is -2.13. The molecule has 1 amide bonds. The van der Waals surface area contributed by atoms with E-state index in [0.29, 0.717) is 12.2 Å². The maximum absolute atomic E-state index is 13.5. The van der Waals surface area contributed by atoms with Crippen LogP contribution in [-0.2, 0) is 11.2 Å². The number of carbonyl (C=O) groups excluding carboxylic acids is 1. The van der Waals surface area contributed by atoms with Crippen LogP contribution in [0.5, 0.6) is 0 Å². The molecule has 0 aliphatic carbocycles. The third-order valence-corrected chi connectivity index (χ3v) is 3.22. The first kappa shape index (κ1) is 16.2. The number of aryl methyl sites for hydroxylation is 2. The average molecular weight is 309 g/mol. The van der Waals surface area contributed by atoms with Crippen molar-refractivity contribution in [2.75, 3.05) is 6.54 Å². The van der Waals surface area contributed by atoms with Crippen LogP contribution in [0.2, 0.25) is 0 Å². The molecule has 1 aromatic heterocycles. The minimum atomic E-state index is -1.43. The highest BCUT2D eigenvalue weighted by Crippen LogP contribution is 2.20. The van der Waals surface area contributed by atoms with E-state index < -0.39 is 23.3 Å². The lowest BCUT2D eigenvalue weighted by molar-refractivity contribution is -0.121. The number of carbonyl (C=O) groups is 1. The van der Waals surface area contributed by atoms with Crippen molar-refractivity contribution in [2.45, 2.75) is 25.9 Å². The summed E-state index contributed by atoms with van der Waals surface area (Å²) in [6.07, 6.45) is -0.848. The Balaban J connectivity index is 1.83. The Morgan fingerprint density at radius 1 is 1.27 bits per heavy atom. The number of halogens is 2. The maximum Gasteiger partial charge on any atom is 0.220 e. The van der Waals surface area contributed by atoms with Crippen molar-refractivity contribution >= 4 is 5.91 Å². The van der Waals surface area contributed by atoms with Crippen molar-refractivity contribution in [3.63, 3.8) is 0 Å². The van der Waals surface area contributed by atoms with Gasteiger partial charge >= 0.3 is 0 Å². The van der Waals surface area contributed by atoms with Crippen LogP contribution >= 0.6 is 0 Å². The molecular weight excluding hydrogens is 292 g/mol. The molecule has 0 saturated carbocycles. The van der Waals surface area contributed by atoms with Gasteiger partial charge in [0.05, 0.1) is 5.56 Å². The first-order valence-corrected chi connectivity index (χ1v) is 6.91. The Labute approximate surface area is 126 Å². The highest BCUT2D eigenvalue weighted by molar-refractivity contribution is 5.76. The zero-order valence-electron chi connectivity index (χ0n) is 12.1.